The zero-order valence-electron chi connectivity index (χ0n) is 18.2. The summed E-state index contributed by atoms with van der Waals surface area (Å²) in [6, 6.07) is 9.65. The van der Waals surface area contributed by atoms with E-state index in [2.05, 4.69) is 71.7 Å². The van der Waals surface area contributed by atoms with Crippen molar-refractivity contribution in [3.8, 4) is 11.5 Å². The van der Waals surface area contributed by atoms with Crippen molar-refractivity contribution in [2.45, 2.75) is 20.0 Å². The molecule has 1 heterocycles. The molecular formula is C25H21Br2IN2O4. The van der Waals surface area contributed by atoms with Gasteiger partial charge in [-0.3, -0.25) is 9.59 Å². The number of fused-ring (bicyclic) bond motifs is 5. The number of allylic oxidation sites excluding steroid dienone is 2. The van der Waals surface area contributed by atoms with Crippen LogP contribution in [-0.2, 0) is 16.2 Å². The molecule has 0 N–H and O–H groups in total. The molecule has 1 saturated carbocycles. The summed E-state index contributed by atoms with van der Waals surface area (Å²) in [5, 5.41) is 5.35. The highest BCUT2D eigenvalue weighted by Gasteiger charge is 2.59. The fraction of sp³-hybridized carbons (Fsp3) is 0.320. The predicted molar refractivity (Wildman–Crippen MR) is 144 cm³/mol. The summed E-state index contributed by atoms with van der Waals surface area (Å²) in [6.07, 6.45) is 6.60. The summed E-state index contributed by atoms with van der Waals surface area (Å²) >= 11 is 9.23. The van der Waals surface area contributed by atoms with Crippen molar-refractivity contribution in [1.29, 1.82) is 0 Å². The van der Waals surface area contributed by atoms with Crippen molar-refractivity contribution in [3.05, 3.63) is 66.1 Å². The number of hydrogen-bond acceptors (Lipinski definition) is 5. The first-order chi connectivity index (χ1) is 16.4. The summed E-state index contributed by atoms with van der Waals surface area (Å²) in [7, 11) is 0. The molecule has 6 nitrogen and oxygen atoms in total. The highest BCUT2D eigenvalue weighted by molar-refractivity contribution is 14.1. The van der Waals surface area contributed by atoms with Crippen molar-refractivity contribution in [2.24, 2.45) is 28.8 Å². The highest BCUT2D eigenvalue weighted by Crippen LogP contribution is 2.52. The molecule has 2 fully saturated rings. The Hall–Kier alpha value is -1.72. The number of benzene rings is 2. The number of hydrogen-bond donors (Lipinski definition) is 0. The Morgan fingerprint density at radius 2 is 1.79 bits per heavy atom. The van der Waals surface area contributed by atoms with E-state index >= 15 is 0 Å². The largest absolute Gasteiger partial charge is 0.490 e. The molecule has 2 aromatic carbocycles. The maximum atomic E-state index is 12.9. The van der Waals surface area contributed by atoms with E-state index in [0.29, 0.717) is 24.7 Å². The van der Waals surface area contributed by atoms with E-state index in [0.717, 1.165) is 35.1 Å². The number of imide groups is 1. The van der Waals surface area contributed by atoms with Gasteiger partial charge >= 0.3 is 0 Å². The van der Waals surface area contributed by atoms with Crippen LogP contribution < -0.4 is 9.47 Å². The smallest absolute Gasteiger partial charge is 0.254 e. The molecule has 2 amide bonds. The second kappa shape index (κ2) is 9.73. The van der Waals surface area contributed by atoms with E-state index in [-0.39, 0.29) is 35.5 Å². The third-order valence-electron chi connectivity index (χ3n) is 6.49. The molecule has 2 bridgehead atoms. The number of amides is 2. The fourth-order valence-electron chi connectivity index (χ4n) is 4.98. The zero-order chi connectivity index (χ0) is 24.0. The van der Waals surface area contributed by atoms with Crippen LogP contribution in [-0.4, -0.2) is 29.6 Å². The first kappa shape index (κ1) is 24.0. The molecule has 0 aromatic heterocycles. The van der Waals surface area contributed by atoms with Gasteiger partial charge in [-0.25, -0.2) is 0 Å². The third kappa shape index (κ3) is 4.35. The van der Waals surface area contributed by atoms with Crippen LogP contribution in [0.5, 0.6) is 11.5 Å². The fourth-order valence-corrected chi connectivity index (χ4v) is 6.92. The monoisotopic (exact) mass is 698 g/mol. The third-order valence-corrected chi connectivity index (χ3v) is 8.52. The average molecular weight is 700 g/mol. The number of nitrogens with zero attached hydrogens (tertiary/aromatic N) is 2. The lowest BCUT2D eigenvalue weighted by Gasteiger charge is -2.16. The lowest BCUT2D eigenvalue weighted by Crippen LogP contribution is -2.28. The van der Waals surface area contributed by atoms with Crippen molar-refractivity contribution in [2.75, 3.05) is 6.61 Å². The Bertz CT molecular complexity index is 1200. The molecular weight excluding hydrogens is 679 g/mol. The minimum Gasteiger partial charge on any atom is -0.490 e. The Kier molecular flexibility index (Phi) is 6.87. The van der Waals surface area contributed by atoms with Gasteiger partial charge in [-0.1, -0.05) is 50.1 Å². The minimum atomic E-state index is -0.257. The highest BCUT2D eigenvalue weighted by atomic mass is 127. The van der Waals surface area contributed by atoms with Crippen molar-refractivity contribution in [1.82, 2.24) is 5.01 Å². The summed E-state index contributed by atoms with van der Waals surface area (Å²) in [5.41, 5.74) is 1.73. The van der Waals surface area contributed by atoms with E-state index in [1.165, 1.54) is 0 Å². The molecule has 0 unspecified atom stereocenters. The number of carbonyl (C=O) groups is 2. The number of carbonyl (C=O) groups excluding carboxylic acids is 2. The van der Waals surface area contributed by atoms with Gasteiger partial charge in [-0.05, 0) is 77.6 Å². The topological polar surface area (TPSA) is 68.2 Å². The van der Waals surface area contributed by atoms with E-state index in [1.54, 1.807) is 6.21 Å². The molecule has 34 heavy (non-hydrogen) atoms. The molecule has 1 aliphatic heterocycles. The van der Waals surface area contributed by atoms with Gasteiger partial charge < -0.3 is 9.47 Å². The van der Waals surface area contributed by atoms with Gasteiger partial charge in [0.1, 0.15) is 6.61 Å². The molecule has 2 aromatic rings. The molecule has 0 spiro atoms. The van der Waals surface area contributed by atoms with Crippen LogP contribution in [0.3, 0.4) is 0 Å². The van der Waals surface area contributed by atoms with E-state index in [1.807, 2.05) is 37.3 Å². The van der Waals surface area contributed by atoms with Crippen LogP contribution in [0.1, 0.15) is 24.5 Å². The first-order valence-electron chi connectivity index (χ1n) is 11.0. The Labute approximate surface area is 228 Å². The van der Waals surface area contributed by atoms with Crippen LogP contribution in [0.15, 0.2) is 56.5 Å². The Morgan fingerprint density at radius 3 is 2.44 bits per heavy atom. The summed E-state index contributed by atoms with van der Waals surface area (Å²) in [4.78, 5) is 25.7. The van der Waals surface area contributed by atoms with Crippen molar-refractivity contribution in [3.63, 3.8) is 0 Å². The molecule has 176 valence electrons. The van der Waals surface area contributed by atoms with Crippen LogP contribution in [0.2, 0.25) is 0 Å². The van der Waals surface area contributed by atoms with Crippen LogP contribution in [0.25, 0.3) is 0 Å². The molecule has 1 saturated heterocycles. The van der Waals surface area contributed by atoms with E-state index in [9.17, 15) is 9.59 Å². The van der Waals surface area contributed by atoms with Gasteiger partial charge in [-0.15, -0.1) is 0 Å². The number of ether oxygens (including phenoxy) is 2. The lowest BCUT2D eigenvalue weighted by molar-refractivity contribution is -0.140. The standard InChI is InChI=1S/C25H21Br2IN2O4/c1-2-33-20-8-13(7-19(28)23(20)34-12-16-5-6-17(26)10-18(16)27)11-29-30-24(31)21-14-3-4-15(9-14)22(21)25(30)32/h3-8,10-11,14-15,21-22H,2,9,12H2,1H3/t14-,15-,21-,22+/m0/s1. The normalized spacial score (nSPS) is 25.0. The number of hydrazone groups is 1. The first-order valence-corrected chi connectivity index (χ1v) is 13.7. The maximum Gasteiger partial charge on any atom is 0.254 e. The van der Waals surface area contributed by atoms with E-state index < -0.39 is 0 Å². The van der Waals surface area contributed by atoms with Gasteiger partial charge in [0, 0.05) is 14.5 Å². The quantitative estimate of drug-likeness (QED) is 0.156. The number of halogens is 3. The Balaban J connectivity index is 1.35. The number of rotatable bonds is 7. The SMILES string of the molecule is CCOc1cc(C=NN2C(=O)[C@@H]3[C@H](C2=O)[C@H]2C=C[C@H]3C2)cc(I)c1OCc1ccc(Br)cc1Br. The summed E-state index contributed by atoms with van der Waals surface area (Å²) in [6.45, 7) is 2.75. The van der Waals surface area contributed by atoms with Crippen LogP contribution >= 0.6 is 54.5 Å². The second-order valence-electron chi connectivity index (χ2n) is 8.52. The zero-order valence-corrected chi connectivity index (χ0v) is 23.5. The van der Waals surface area contributed by atoms with Gasteiger partial charge in [0.15, 0.2) is 11.5 Å². The summed E-state index contributed by atoms with van der Waals surface area (Å²) in [5.74, 6) is 0.659. The molecule has 5 rings (SSSR count). The average Bonchev–Trinajstić information content (AvgIpc) is 3.47. The molecule has 9 heteroatoms. The molecule has 0 radical (unpaired) electrons. The van der Waals surface area contributed by atoms with Gasteiger partial charge in [0.2, 0.25) is 0 Å². The minimum absolute atomic E-state index is 0.166. The van der Waals surface area contributed by atoms with Crippen molar-refractivity contribution < 1.29 is 19.1 Å². The van der Waals surface area contributed by atoms with Crippen LogP contribution in [0, 0.1) is 27.2 Å². The second-order valence-corrected chi connectivity index (χ2v) is 11.5. The predicted octanol–water partition coefficient (Wildman–Crippen LogP) is 5.93. The van der Waals surface area contributed by atoms with Gasteiger partial charge in [0.05, 0.1) is 28.2 Å². The van der Waals surface area contributed by atoms with Crippen LogP contribution in [0.4, 0.5) is 0 Å². The Morgan fingerprint density at radius 1 is 1.09 bits per heavy atom. The molecule has 4 atom stereocenters. The van der Waals surface area contributed by atoms with E-state index in [4.69, 9.17) is 9.47 Å². The van der Waals surface area contributed by atoms with Crippen molar-refractivity contribution >= 4 is 72.5 Å². The maximum absolute atomic E-state index is 12.9. The molecule has 3 aliphatic rings. The summed E-state index contributed by atoms with van der Waals surface area (Å²) < 4.78 is 14.7. The van der Waals surface area contributed by atoms with Gasteiger partial charge in [-0.2, -0.15) is 10.1 Å². The lowest BCUT2D eigenvalue weighted by atomic mass is 9.85. The van der Waals surface area contributed by atoms with Gasteiger partial charge in [0.25, 0.3) is 11.8 Å². The molecule has 2 aliphatic carbocycles.